The highest BCUT2D eigenvalue weighted by Crippen LogP contribution is 2.25. The Morgan fingerprint density at radius 3 is 2.59 bits per heavy atom. The summed E-state index contributed by atoms with van der Waals surface area (Å²) >= 11 is 0. The van der Waals surface area contributed by atoms with Crippen LogP contribution in [0.1, 0.15) is 23.0 Å². The zero-order valence-electron chi connectivity index (χ0n) is 15.4. The third kappa shape index (κ3) is 5.55. The maximum absolute atomic E-state index is 11.6. The molecule has 1 aromatic carbocycles. The average molecular weight is 413 g/mol. The number of carboxylic acids is 1. The fourth-order valence-corrected chi connectivity index (χ4v) is 3.54. The Morgan fingerprint density at radius 1 is 1.14 bits per heavy atom. The number of aromatic nitrogens is 1. The molecule has 0 saturated heterocycles. The fraction of sp³-hybridized carbons (Fsp3) is 0.143. The first kappa shape index (κ1) is 20.3. The Hall–Kier alpha value is -3.39. The lowest BCUT2D eigenvalue weighted by molar-refractivity contribution is -0.134. The van der Waals surface area contributed by atoms with Gasteiger partial charge in [-0.2, -0.15) is 0 Å². The molecule has 2 heterocycles. The number of carboxylic acid groups (broad SMARTS) is 1. The monoisotopic (exact) mass is 413 g/mol. The molecule has 0 atom stereocenters. The van der Waals surface area contributed by atoms with E-state index < -0.39 is 21.6 Å². The number of aliphatic carboxylic acids is 1. The Balaban J connectivity index is 1.70. The highest BCUT2D eigenvalue weighted by atomic mass is 32.2. The molecule has 2 aromatic heterocycles. The number of rotatable bonds is 9. The summed E-state index contributed by atoms with van der Waals surface area (Å²) in [6, 6.07) is 13.0. The van der Waals surface area contributed by atoms with Crippen molar-refractivity contribution in [2.24, 2.45) is 0 Å². The second kappa shape index (κ2) is 8.74. The molecule has 0 unspecified atom stereocenters. The summed E-state index contributed by atoms with van der Waals surface area (Å²) < 4.78 is 34.6. The van der Waals surface area contributed by atoms with Crippen molar-refractivity contribution in [3.05, 3.63) is 78.1 Å². The number of sulfone groups is 1. The Bertz CT molecular complexity index is 1140. The average Bonchev–Trinajstić information content (AvgIpc) is 3.28. The molecule has 7 nitrogen and oxygen atoms in total. The Kier molecular flexibility index (Phi) is 6.13. The van der Waals surface area contributed by atoms with Crippen LogP contribution in [0.5, 0.6) is 0 Å². The van der Waals surface area contributed by atoms with Crippen molar-refractivity contribution in [1.82, 2.24) is 4.98 Å². The third-order valence-electron chi connectivity index (χ3n) is 3.93. The second-order valence-electron chi connectivity index (χ2n) is 6.23. The van der Waals surface area contributed by atoms with Crippen LogP contribution in [0.4, 0.5) is 0 Å². The zero-order chi connectivity index (χ0) is 20.9. The van der Waals surface area contributed by atoms with Crippen LogP contribution in [0.3, 0.4) is 0 Å². The molecule has 8 heteroatoms. The van der Waals surface area contributed by atoms with E-state index in [2.05, 4.69) is 11.6 Å². The van der Waals surface area contributed by atoms with Crippen LogP contribution in [0.2, 0.25) is 0 Å². The van der Waals surface area contributed by atoms with E-state index >= 15 is 0 Å². The van der Waals surface area contributed by atoms with Gasteiger partial charge in [0, 0.05) is 5.56 Å². The number of oxazole rings is 1. The lowest BCUT2D eigenvalue weighted by atomic mass is 10.2. The molecule has 0 bridgehead atoms. The van der Waals surface area contributed by atoms with E-state index in [0.717, 1.165) is 5.56 Å². The van der Waals surface area contributed by atoms with Gasteiger partial charge in [-0.05, 0) is 36.4 Å². The fourth-order valence-electron chi connectivity index (χ4n) is 2.66. The molecule has 0 radical (unpaired) electrons. The molecule has 0 aliphatic heterocycles. The molecule has 0 aliphatic rings. The highest BCUT2D eigenvalue weighted by molar-refractivity contribution is 7.92. The lowest BCUT2D eigenvalue weighted by Crippen LogP contribution is -2.17. The standard InChI is InChI=1S/C21H19NO6S/c1-2-19-18(22-21(28-19)15-7-4-3-5-8-15)13-17-11-10-16(27-17)9-6-12-29(25,26)14-20(23)24/h2-11H,1,12-14H2,(H,23,24)/b9-6+. The van der Waals surface area contributed by atoms with E-state index in [1.54, 1.807) is 18.2 Å². The van der Waals surface area contributed by atoms with Gasteiger partial charge in [0.05, 0.1) is 17.9 Å². The van der Waals surface area contributed by atoms with E-state index in [1.807, 2.05) is 30.3 Å². The topological polar surface area (TPSA) is 111 Å². The summed E-state index contributed by atoms with van der Waals surface area (Å²) in [7, 11) is -3.69. The maximum atomic E-state index is 11.6. The zero-order valence-corrected chi connectivity index (χ0v) is 16.3. The second-order valence-corrected chi connectivity index (χ2v) is 8.34. The van der Waals surface area contributed by atoms with Crippen molar-refractivity contribution in [2.45, 2.75) is 6.42 Å². The van der Waals surface area contributed by atoms with Crippen LogP contribution in [-0.2, 0) is 21.1 Å². The van der Waals surface area contributed by atoms with Crippen LogP contribution in [0.25, 0.3) is 23.6 Å². The summed E-state index contributed by atoms with van der Waals surface area (Å²) in [5.74, 6) is -0.533. The lowest BCUT2D eigenvalue weighted by Gasteiger charge is -1.96. The molecule has 0 amide bonds. The first-order valence-electron chi connectivity index (χ1n) is 8.71. The minimum Gasteiger partial charge on any atom is -0.480 e. The Labute approximate surface area is 167 Å². The van der Waals surface area contributed by atoms with Crippen molar-refractivity contribution in [3.63, 3.8) is 0 Å². The largest absolute Gasteiger partial charge is 0.480 e. The van der Waals surface area contributed by atoms with E-state index in [9.17, 15) is 13.2 Å². The van der Waals surface area contributed by atoms with Crippen molar-refractivity contribution < 1.29 is 27.2 Å². The number of furan rings is 1. The first-order chi connectivity index (χ1) is 13.9. The van der Waals surface area contributed by atoms with Crippen LogP contribution >= 0.6 is 0 Å². The van der Waals surface area contributed by atoms with Gasteiger partial charge in [0.15, 0.2) is 15.6 Å². The van der Waals surface area contributed by atoms with Gasteiger partial charge in [-0.3, -0.25) is 4.79 Å². The predicted molar refractivity (Wildman–Crippen MR) is 109 cm³/mol. The molecular formula is C21H19NO6S. The molecular weight excluding hydrogens is 394 g/mol. The molecule has 0 aliphatic carbocycles. The molecule has 0 fully saturated rings. The van der Waals surface area contributed by atoms with Gasteiger partial charge >= 0.3 is 5.97 Å². The van der Waals surface area contributed by atoms with Crippen LogP contribution in [-0.4, -0.2) is 36.0 Å². The normalized spacial score (nSPS) is 11.7. The van der Waals surface area contributed by atoms with Crippen molar-refractivity contribution in [3.8, 4) is 11.5 Å². The molecule has 150 valence electrons. The van der Waals surface area contributed by atoms with Gasteiger partial charge in [-0.15, -0.1) is 0 Å². The summed E-state index contributed by atoms with van der Waals surface area (Å²) in [6.07, 6.45) is 4.82. The summed E-state index contributed by atoms with van der Waals surface area (Å²) in [5, 5.41) is 8.58. The minimum absolute atomic E-state index is 0.375. The molecule has 0 spiro atoms. The maximum Gasteiger partial charge on any atom is 0.318 e. The van der Waals surface area contributed by atoms with Gasteiger partial charge in [-0.1, -0.05) is 30.9 Å². The van der Waals surface area contributed by atoms with E-state index in [0.29, 0.717) is 35.3 Å². The molecule has 3 aromatic rings. The predicted octanol–water partition coefficient (Wildman–Crippen LogP) is 3.68. The molecule has 1 N–H and O–H groups in total. The van der Waals surface area contributed by atoms with Gasteiger partial charge in [0.2, 0.25) is 5.89 Å². The van der Waals surface area contributed by atoms with Gasteiger partial charge in [0.1, 0.15) is 17.3 Å². The number of carbonyl (C=O) groups is 1. The molecule has 0 saturated carbocycles. The van der Waals surface area contributed by atoms with Crippen molar-refractivity contribution >= 4 is 28.0 Å². The van der Waals surface area contributed by atoms with Crippen LogP contribution in [0.15, 0.2) is 64.0 Å². The quantitative estimate of drug-likeness (QED) is 0.570. The van der Waals surface area contributed by atoms with Crippen LogP contribution < -0.4 is 0 Å². The first-order valence-corrected chi connectivity index (χ1v) is 10.5. The van der Waals surface area contributed by atoms with Gasteiger partial charge < -0.3 is 13.9 Å². The summed E-state index contributed by atoms with van der Waals surface area (Å²) in [6.45, 7) is 3.76. The van der Waals surface area contributed by atoms with Crippen LogP contribution in [0, 0.1) is 0 Å². The van der Waals surface area contributed by atoms with E-state index in [1.165, 1.54) is 12.2 Å². The summed E-state index contributed by atoms with van der Waals surface area (Å²) in [5.41, 5.74) is 1.53. The van der Waals surface area contributed by atoms with Gasteiger partial charge in [-0.25, -0.2) is 13.4 Å². The Morgan fingerprint density at radius 2 is 1.90 bits per heavy atom. The minimum atomic E-state index is -3.69. The molecule has 3 rings (SSSR count). The third-order valence-corrected chi connectivity index (χ3v) is 5.32. The van der Waals surface area contributed by atoms with E-state index in [4.69, 9.17) is 13.9 Å². The van der Waals surface area contributed by atoms with Crippen molar-refractivity contribution in [1.29, 1.82) is 0 Å². The number of nitrogens with zero attached hydrogens (tertiary/aromatic N) is 1. The molecule has 29 heavy (non-hydrogen) atoms. The highest BCUT2D eigenvalue weighted by Gasteiger charge is 2.15. The van der Waals surface area contributed by atoms with Crippen molar-refractivity contribution in [2.75, 3.05) is 11.5 Å². The number of hydrogen-bond donors (Lipinski definition) is 1. The van der Waals surface area contributed by atoms with E-state index in [-0.39, 0.29) is 5.75 Å². The smallest absolute Gasteiger partial charge is 0.318 e. The van der Waals surface area contributed by atoms with Gasteiger partial charge in [0.25, 0.3) is 0 Å². The summed E-state index contributed by atoms with van der Waals surface area (Å²) in [4.78, 5) is 15.1. The number of hydrogen-bond acceptors (Lipinski definition) is 6. The SMILES string of the molecule is C=Cc1oc(-c2ccccc2)nc1Cc1ccc(/C=C/CS(=O)(=O)CC(=O)O)o1. The number of benzene rings is 1.